The fourth-order valence-electron chi connectivity index (χ4n) is 1.24. The van der Waals surface area contributed by atoms with Crippen LogP contribution in [0.4, 0.5) is 0 Å². The van der Waals surface area contributed by atoms with Crippen LogP contribution in [0.15, 0.2) is 54.7 Å². The summed E-state index contributed by atoms with van der Waals surface area (Å²) in [5.41, 5.74) is 1.30. The van der Waals surface area contributed by atoms with Crippen LogP contribution in [0.3, 0.4) is 0 Å². The Hall–Kier alpha value is -2.29. The Morgan fingerprint density at radius 1 is 0.833 bits per heavy atom. The predicted molar refractivity (Wildman–Crippen MR) is 70.7 cm³/mol. The third kappa shape index (κ3) is 4.70. The Labute approximate surface area is 106 Å². The molecule has 2 aromatic rings. The first-order valence-corrected chi connectivity index (χ1v) is 5.59. The molecule has 0 bridgehead atoms. The van der Waals surface area contributed by atoms with Gasteiger partial charge in [-0.1, -0.05) is 36.4 Å². The zero-order chi connectivity index (χ0) is 13.4. The lowest BCUT2D eigenvalue weighted by atomic mass is 10.2. The van der Waals surface area contributed by atoms with Gasteiger partial charge in [0.05, 0.1) is 0 Å². The van der Waals surface area contributed by atoms with Crippen molar-refractivity contribution in [2.75, 3.05) is 0 Å². The van der Waals surface area contributed by atoms with Crippen LogP contribution in [0.1, 0.15) is 34.7 Å². The molecule has 1 heterocycles. The Kier molecular flexibility index (Phi) is 5.45. The summed E-state index contributed by atoms with van der Waals surface area (Å²) in [5.74, 6) is 0.131. The van der Waals surface area contributed by atoms with Crippen LogP contribution in [0.25, 0.3) is 0 Å². The molecule has 1 aromatic heterocycles. The number of ketones is 2. The number of hydrogen-bond donors (Lipinski definition) is 0. The number of rotatable bonds is 2. The molecule has 18 heavy (non-hydrogen) atoms. The van der Waals surface area contributed by atoms with Crippen LogP contribution < -0.4 is 0 Å². The number of Topliss-reactive ketones (excluding diaryl/α,β-unsaturated/α-hetero) is 2. The molecule has 0 fully saturated rings. The average Bonchev–Trinajstić information content (AvgIpc) is 2.41. The minimum Gasteiger partial charge on any atom is -0.295 e. The first-order valence-electron chi connectivity index (χ1n) is 5.59. The Bertz CT molecular complexity index is 457. The van der Waals surface area contributed by atoms with Crippen molar-refractivity contribution >= 4 is 11.6 Å². The number of aromatic nitrogens is 1. The van der Waals surface area contributed by atoms with Crippen molar-refractivity contribution in [3.05, 3.63) is 66.0 Å². The summed E-state index contributed by atoms with van der Waals surface area (Å²) < 4.78 is 0. The van der Waals surface area contributed by atoms with E-state index in [1.807, 2.05) is 30.3 Å². The second kappa shape index (κ2) is 7.12. The number of nitrogens with zero attached hydrogens (tertiary/aromatic N) is 1. The van der Waals surface area contributed by atoms with Gasteiger partial charge in [0.15, 0.2) is 11.6 Å². The highest BCUT2D eigenvalue weighted by molar-refractivity contribution is 5.93. The SMILES string of the molecule is CC(=O)c1ccccc1.CC(=O)c1ccccn1. The molecule has 0 spiro atoms. The number of carbonyl (C=O) groups excluding carboxylic acids is 2. The molecule has 0 unspecified atom stereocenters. The Morgan fingerprint density at radius 3 is 1.78 bits per heavy atom. The van der Waals surface area contributed by atoms with Crippen molar-refractivity contribution in [1.29, 1.82) is 0 Å². The molecule has 0 aliphatic rings. The van der Waals surface area contributed by atoms with E-state index in [0.717, 1.165) is 5.56 Å². The molecule has 92 valence electrons. The van der Waals surface area contributed by atoms with E-state index in [0.29, 0.717) is 5.69 Å². The van der Waals surface area contributed by atoms with E-state index in [4.69, 9.17) is 0 Å². The molecule has 0 atom stereocenters. The highest BCUT2D eigenvalue weighted by Crippen LogP contribution is 1.97. The van der Waals surface area contributed by atoms with Gasteiger partial charge in [-0.25, -0.2) is 0 Å². The summed E-state index contributed by atoms with van der Waals surface area (Å²) >= 11 is 0. The third-order valence-electron chi connectivity index (χ3n) is 2.21. The zero-order valence-corrected chi connectivity index (χ0v) is 10.5. The van der Waals surface area contributed by atoms with Crippen molar-refractivity contribution in [3.8, 4) is 0 Å². The standard InChI is InChI=1S/C8H8O.C7H7NO/c1-7(9)8-5-3-2-4-6-8;1-6(9)7-4-2-3-5-8-7/h2-6H,1H3;2-5H,1H3. The smallest absolute Gasteiger partial charge is 0.178 e. The molecular weight excluding hydrogens is 226 g/mol. The summed E-state index contributed by atoms with van der Waals surface area (Å²) in [4.78, 5) is 25.1. The summed E-state index contributed by atoms with van der Waals surface area (Å²) in [5, 5.41) is 0. The van der Waals surface area contributed by atoms with E-state index in [1.165, 1.54) is 6.92 Å². The van der Waals surface area contributed by atoms with Gasteiger partial charge in [-0.2, -0.15) is 0 Å². The zero-order valence-electron chi connectivity index (χ0n) is 10.5. The monoisotopic (exact) mass is 241 g/mol. The molecule has 0 saturated heterocycles. The van der Waals surface area contributed by atoms with Gasteiger partial charge in [0.25, 0.3) is 0 Å². The van der Waals surface area contributed by atoms with Gasteiger partial charge in [-0.05, 0) is 19.1 Å². The van der Waals surface area contributed by atoms with Gasteiger partial charge in [0.2, 0.25) is 0 Å². The predicted octanol–water partition coefficient (Wildman–Crippen LogP) is 3.17. The van der Waals surface area contributed by atoms with E-state index in [2.05, 4.69) is 4.98 Å². The average molecular weight is 241 g/mol. The quantitative estimate of drug-likeness (QED) is 0.759. The van der Waals surface area contributed by atoms with E-state index >= 15 is 0 Å². The Morgan fingerprint density at radius 2 is 1.44 bits per heavy atom. The van der Waals surface area contributed by atoms with Crippen LogP contribution in [0.2, 0.25) is 0 Å². The number of hydrogen-bond acceptors (Lipinski definition) is 3. The molecule has 3 heteroatoms. The van der Waals surface area contributed by atoms with Gasteiger partial charge in [-0.15, -0.1) is 0 Å². The second-order valence-corrected chi connectivity index (χ2v) is 3.69. The number of pyridine rings is 1. The van der Waals surface area contributed by atoms with E-state index in [-0.39, 0.29) is 11.6 Å². The molecule has 0 radical (unpaired) electrons. The lowest BCUT2D eigenvalue weighted by molar-refractivity contribution is 0.100. The Balaban J connectivity index is 0.000000180. The van der Waals surface area contributed by atoms with Crippen LogP contribution in [0, 0.1) is 0 Å². The summed E-state index contributed by atoms with van der Waals surface area (Å²) in [6.45, 7) is 3.07. The van der Waals surface area contributed by atoms with E-state index < -0.39 is 0 Å². The molecule has 0 aliphatic heterocycles. The molecule has 0 saturated carbocycles. The first kappa shape index (κ1) is 13.8. The molecule has 0 amide bonds. The van der Waals surface area contributed by atoms with Crippen LogP contribution in [-0.2, 0) is 0 Å². The normalized spacial score (nSPS) is 9.00. The van der Waals surface area contributed by atoms with Crippen molar-refractivity contribution < 1.29 is 9.59 Å². The molecule has 3 nitrogen and oxygen atoms in total. The van der Waals surface area contributed by atoms with Gasteiger partial charge in [0, 0.05) is 18.7 Å². The van der Waals surface area contributed by atoms with Crippen LogP contribution >= 0.6 is 0 Å². The minimum atomic E-state index is 0.00981. The van der Waals surface area contributed by atoms with Crippen molar-refractivity contribution in [2.24, 2.45) is 0 Å². The molecular formula is C15H15NO2. The van der Waals surface area contributed by atoms with Crippen LogP contribution in [0.5, 0.6) is 0 Å². The highest BCUT2D eigenvalue weighted by Gasteiger charge is 1.95. The largest absolute Gasteiger partial charge is 0.295 e. The van der Waals surface area contributed by atoms with Gasteiger partial charge >= 0.3 is 0 Å². The topological polar surface area (TPSA) is 47.0 Å². The number of benzene rings is 1. The lowest BCUT2D eigenvalue weighted by Gasteiger charge is -1.89. The maximum absolute atomic E-state index is 10.6. The summed E-state index contributed by atoms with van der Waals surface area (Å²) in [6, 6.07) is 14.5. The third-order valence-corrected chi connectivity index (χ3v) is 2.21. The van der Waals surface area contributed by atoms with E-state index in [1.54, 1.807) is 31.3 Å². The van der Waals surface area contributed by atoms with Gasteiger partial charge in [-0.3, -0.25) is 14.6 Å². The fourth-order valence-corrected chi connectivity index (χ4v) is 1.24. The number of carbonyl (C=O) groups is 2. The van der Waals surface area contributed by atoms with Crippen molar-refractivity contribution in [3.63, 3.8) is 0 Å². The van der Waals surface area contributed by atoms with Gasteiger partial charge in [0.1, 0.15) is 5.69 Å². The van der Waals surface area contributed by atoms with Crippen LogP contribution in [-0.4, -0.2) is 16.6 Å². The van der Waals surface area contributed by atoms with E-state index in [9.17, 15) is 9.59 Å². The fraction of sp³-hybridized carbons (Fsp3) is 0.133. The molecule has 1 aromatic carbocycles. The first-order chi connectivity index (χ1) is 8.61. The maximum atomic E-state index is 10.6. The van der Waals surface area contributed by atoms with Gasteiger partial charge < -0.3 is 0 Å². The van der Waals surface area contributed by atoms with Crippen molar-refractivity contribution in [1.82, 2.24) is 4.98 Å². The lowest BCUT2D eigenvalue weighted by Crippen LogP contribution is -1.93. The maximum Gasteiger partial charge on any atom is 0.178 e. The summed E-state index contributed by atoms with van der Waals surface area (Å²) in [6.07, 6.45) is 1.61. The minimum absolute atomic E-state index is 0.00981. The molecule has 0 N–H and O–H groups in total. The molecule has 2 rings (SSSR count). The highest BCUT2D eigenvalue weighted by atomic mass is 16.1. The second-order valence-electron chi connectivity index (χ2n) is 3.69. The van der Waals surface area contributed by atoms with Crippen molar-refractivity contribution in [2.45, 2.75) is 13.8 Å². The summed E-state index contributed by atoms with van der Waals surface area (Å²) in [7, 11) is 0. The molecule has 0 aliphatic carbocycles.